The molecule has 27 heavy (non-hydrogen) atoms. The lowest BCUT2D eigenvalue weighted by molar-refractivity contribution is -0.00257. The van der Waals surface area contributed by atoms with Gasteiger partial charge in [0, 0.05) is 35.7 Å². The number of aromatic amines is 1. The molecule has 0 radical (unpaired) electrons. The van der Waals surface area contributed by atoms with E-state index in [-0.39, 0.29) is 11.9 Å². The number of benzene rings is 1. The summed E-state index contributed by atoms with van der Waals surface area (Å²) in [5.74, 6) is 0.237. The predicted molar refractivity (Wildman–Crippen MR) is 105 cm³/mol. The third-order valence-corrected chi connectivity index (χ3v) is 5.75. The van der Waals surface area contributed by atoms with Gasteiger partial charge in [-0.3, -0.25) is 4.79 Å². The molecule has 0 aliphatic heterocycles. The van der Waals surface area contributed by atoms with Crippen molar-refractivity contribution in [1.29, 1.82) is 0 Å². The highest BCUT2D eigenvalue weighted by Crippen LogP contribution is 2.32. The molecule has 0 saturated heterocycles. The highest BCUT2D eigenvalue weighted by atomic mass is 16.3. The van der Waals surface area contributed by atoms with Gasteiger partial charge in [0.2, 0.25) is 0 Å². The number of aliphatic hydroxyl groups is 1. The third-order valence-electron chi connectivity index (χ3n) is 5.75. The number of aromatic nitrogens is 3. The van der Waals surface area contributed by atoms with E-state index in [2.05, 4.69) is 15.3 Å². The molecule has 3 aromatic rings. The maximum atomic E-state index is 13.0. The zero-order valence-corrected chi connectivity index (χ0v) is 15.8. The molecule has 4 rings (SSSR count). The molecule has 2 heterocycles. The Morgan fingerprint density at radius 3 is 2.74 bits per heavy atom. The van der Waals surface area contributed by atoms with Crippen molar-refractivity contribution in [1.82, 2.24) is 19.9 Å². The van der Waals surface area contributed by atoms with Gasteiger partial charge < -0.3 is 20.0 Å². The molecule has 0 bridgehead atoms. The Balaban J connectivity index is 1.54. The van der Waals surface area contributed by atoms with Crippen LogP contribution < -0.4 is 5.32 Å². The lowest BCUT2D eigenvalue weighted by Crippen LogP contribution is -2.41. The number of carbonyl (C=O) groups excluding carboxylic acids is 1. The van der Waals surface area contributed by atoms with Crippen LogP contribution in [0.5, 0.6) is 0 Å². The normalized spacial score (nSPS) is 20.7. The monoisotopic (exact) mass is 366 g/mol. The number of nitrogens with one attached hydrogen (secondary N) is 2. The molecule has 1 amide bonds. The molecular weight excluding hydrogens is 340 g/mol. The second-order valence-electron chi connectivity index (χ2n) is 8.08. The minimum absolute atomic E-state index is 0.0591. The maximum absolute atomic E-state index is 13.0. The molecule has 0 atom stereocenters. The topological polar surface area (TPSA) is 82.9 Å². The van der Waals surface area contributed by atoms with Crippen molar-refractivity contribution in [3.8, 4) is 5.69 Å². The summed E-state index contributed by atoms with van der Waals surface area (Å²) in [5, 5.41) is 14.4. The minimum atomic E-state index is -0.648. The van der Waals surface area contributed by atoms with Gasteiger partial charge in [-0.2, -0.15) is 0 Å². The van der Waals surface area contributed by atoms with Crippen molar-refractivity contribution in [2.24, 2.45) is 5.92 Å². The van der Waals surface area contributed by atoms with E-state index in [0.717, 1.165) is 42.3 Å². The Morgan fingerprint density at radius 2 is 2.07 bits per heavy atom. The molecular formula is C21H26N4O2. The van der Waals surface area contributed by atoms with E-state index in [1.807, 2.05) is 49.0 Å². The second-order valence-corrected chi connectivity index (χ2v) is 8.08. The summed E-state index contributed by atoms with van der Waals surface area (Å²) in [4.78, 5) is 20.3. The van der Waals surface area contributed by atoms with E-state index in [1.165, 1.54) is 0 Å². The van der Waals surface area contributed by atoms with Gasteiger partial charge in [0.25, 0.3) is 5.91 Å². The number of nitrogens with zero attached hydrogens (tertiary/aromatic N) is 2. The van der Waals surface area contributed by atoms with Gasteiger partial charge in [-0.1, -0.05) is 0 Å². The number of hydrogen-bond donors (Lipinski definition) is 3. The van der Waals surface area contributed by atoms with Gasteiger partial charge in [-0.05, 0) is 63.6 Å². The van der Waals surface area contributed by atoms with Gasteiger partial charge in [0.1, 0.15) is 0 Å². The Hall–Kier alpha value is -2.60. The average molecular weight is 366 g/mol. The highest BCUT2D eigenvalue weighted by Gasteiger charge is 2.32. The molecule has 6 nitrogen and oxygen atoms in total. The number of amides is 1. The number of rotatable bonds is 4. The first-order chi connectivity index (χ1) is 12.9. The Kier molecular flexibility index (Phi) is 4.52. The van der Waals surface area contributed by atoms with E-state index in [1.54, 1.807) is 12.5 Å². The molecule has 2 aromatic heterocycles. The number of hydrogen-bond acceptors (Lipinski definition) is 3. The molecule has 1 aliphatic carbocycles. The van der Waals surface area contributed by atoms with Crippen molar-refractivity contribution in [2.45, 2.75) is 51.2 Å². The largest absolute Gasteiger partial charge is 0.390 e. The fourth-order valence-corrected chi connectivity index (χ4v) is 4.10. The quantitative estimate of drug-likeness (QED) is 0.662. The maximum Gasteiger partial charge on any atom is 0.253 e. The van der Waals surface area contributed by atoms with E-state index >= 15 is 0 Å². The van der Waals surface area contributed by atoms with Crippen molar-refractivity contribution < 1.29 is 9.90 Å². The Morgan fingerprint density at radius 1 is 1.30 bits per heavy atom. The average Bonchev–Trinajstić information content (AvgIpc) is 3.32. The van der Waals surface area contributed by atoms with Crippen LogP contribution in [-0.4, -0.2) is 37.2 Å². The molecule has 1 saturated carbocycles. The molecule has 0 unspecified atom stereocenters. The lowest BCUT2D eigenvalue weighted by atomic mass is 9.77. The van der Waals surface area contributed by atoms with Crippen LogP contribution in [0.25, 0.3) is 16.6 Å². The van der Waals surface area contributed by atoms with Crippen LogP contribution in [0.15, 0.2) is 43.1 Å². The summed E-state index contributed by atoms with van der Waals surface area (Å²) in [6, 6.07) is 6.07. The van der Waals surface area contributed by atoms with E-state index < -0.39 is 5.60 Å². The lowest BCUT2D eigenvalue weighted by Gasteiger charge is -2.36. The third kappa shape index (κ3) is 3.62. The van der Waals surface area contributed by atoms with Crippen LogP contribution in [0.4, 0.5) is 0 Å². The van der Waals surface area contributed by atoms with E-state index in [9.17, 15) is 9.90 Å². The fraction of sp³-hybridized carbons (Fsp3) is 0.429. The van der Waals surface area contributed by atoms with Crippen LogP contribution in [0.3, 0.4) is 0 Å². The first kappa shape index (κ1) is 17.8. The molecule has 3 N–H and O–H groups in total. The summed E-state index contributed by atoms with van der Waals surface area (Å²) in [5.41, 5.74) is 1.76. The smallest absolute Gasteiger partial charge is 0.253 e. The summed E-state index contributed by atoms with van der Waals surface area (Å²) in [6.45, 7) is 3.75. The predicted octanol–water partition coefficient (Wildman–Crippen LogP) is 3.41. The molecule has 1 aromatic carbocycles. The summed E-state index contributed by atoms with van der Waals surface area (Å²) >= 11 is 0. The summed E-state index contributed by atoms with van der Waals surface area (Å²) in [7, 11) is 0. The second kappa shape index (κ2) is 6.85. The van der Waals surface area contributed by atoms with Gasteiger partial charge >= 0.3 is 0 Å². The Bertz CT molecular complexity index is 929. The number of fused-ring (bicyclic) bond motifs is 1. The fourth-order valence-electron chi connectivity index (χ4n) is 4.10. The first-order valence-corrected chi connectivity index (χ1v) is 9.54. The Labute approximate surface area is 158 Å². The van der Waals surface area contributed by atoms with E-state index in [4.69, 9.17) is 0 Å². The molecule has 0 spiro atoms. The van der Waals surface area contributed by atoms with Gasteiger partial charge in [-0.25, -0.2) is 4.98 Å². The number of imidazole rings is 1. The highest BCUT2D eigenvalue weighted by molar-refractivity contribution is 6.06. The molecule has 6 heteroatoms. The van der Waals surface area contributed by atoms with Crippen LogP contribution in [0.1, 0.15) is 49.9 Å². The van der Waals surface area contributed by atoms with Gasteiger partial charge in [-0.15, -0.1) is 0 Å². The van der Waals surface area contributed by atoms with Crippen molar-refractivity contribution in [2.75, 3.05) is 0 Å². The zero-order chi connectivity index (χ0) is 19.0. The van der Waals surface area contributed by atoms with Crippen molar-refractivity contribution >= 4 is 16.8 Å². The minimum Gasteiger partial charge on any atom is -0.390 e. The molecule has 1 fully saturated rings. The van der Waals surface area contributed by atoms with Crippen LogP contribution in [0.2, 0.25) is 0 Å². The summed E-state index contributed by atoms with van der Waals surface area (Å²) < 4.78 is 1.90. The van der Waals surface area contributed by atoms with Gasteiger partial charge in [0.05, 0.1) is 23.0 Å². The first-order valence-electron chi connectivity index (χ1n) is 9.54. The van der Waals surface area contributed by atoms with Crippen LogP contribution in [-0.2, 0) is 0 Å². The number of carbonyl (C=O) groups is 1. The number of H-pyrrole nitrogens is 1. The standard InChI is InChI=1S/C21H26N4O2/c1-21(2,27)15-3-5-16(6-4-15)24-20(26)18-12-17(25-10-9-22-13-25)11-14-7-8-23-19(14)18/h7-13,15-16,23,27H,3-6H2,1-2H3,(H,24,26). The molecule has 1 aliphatic rings. The van der Waals surface area contributed by atoms with Gasteiger partial charge in [0.15, 0.2) is 0 Å². The zero-order valence-electron chi connectivity index (χ0n) is 15.8. The van der Waals surface area contributed by atoms with Crippen molar-refractivity contribution in [3.05, 3.63) is 48.7 Å². The van der Waals surface area contributed by atoms with Crippen molar-refractivity contribution in [3.63, 3.8) is 0 Å². The summed E-state index contributed by atoms with van der Waals surface area (Å²) in [6.07, 6.45) is 10.8. The van der Waals surface area contributed by atoms with Crippen LogP contribution in [0, 0.1) is 5.92 Å². The molecule has 142 valence electrons. The van der Waals surface area contributed by atoms with Crippen LogP contribution >= 0.6 is 0 Å². The van der Waals surface area contributed by atoms with E-state index in [0.29, 0.717) is 11.5 Å². The SMILES string of the molecule is CC(C)(O)C1CCC(NC(=O)c2cc(-n3ccnc3)cc3cc[nH]c23)CC1.